The number of nitrogens with zero attached hydrogens (tertiary/aromatic N) is 2. The number of esters is 1. The molecule has 1 fully saturated rings. The van der Waals surface area contributed by atoms with Gasteiger partial charge in [-0.25, -0.2) is 9.18 Å². The Labute approximate surface area is 297 Å². The van der Waals surface area contributed by atoms with E-state index >= 15 is 0 Å². The van der Waals surface area contributed by atoms with Gasteiger partial charge in [0, 0.05) is 32.7 Å². The van der Waals surface area contributed by atoms with Crippen molar-refractivity contribution in [3.05, 3.63) is 143 Å². The van der Waals surface area contributed by atoms with E-state index in [0.29, 0.717) is 25.2 Å². The Morgan fingerprint density at radius 3 is 1.94 bits per heavy atom. The van der Waals surface area contributed by atoms with Crippen LogP contribution in [-0.2, 0) is 50.1 Å². The average molecular weight is 695 g/mol. The van der Waals surface area contributed by atoms with Crippen molar-refractivity contribution in [1.82, 2.24) is 20.4 Å². The second kappa shape index (κ2) is 17.9. The van der Waals surface area contributed by atoms with Gasteiger partial charge in [0.15, 0.2) is 0 Å². The van der Waals surface area contributed by atoms with Gasteiger partial charge in [-0.3, -0.25) is 19.3 Å². The molecule has 11 heteroatoms. The van der Waals surface area contributed by atoms with Crippen LogP contribution < -0.4 is 10.6 Å². The standard InChI is InChI=1S/C40H43FN4O6/c1-50-36(46)25-35(43-39(49)51-29-33-15-9-4-10-16-33)37(47)45(28-32-17-19-34(41)20-18-32)40(38(48)42-26-30-11-5-2-6-12-30)21-23-44(24-22-40)27-31-13-7-3-8-14-31/h2-20,35H,21-29H2,1H3,(H,42,48)(H,43,49)/t35-/m0/s1. The molecule has 1 aliphatic rings. The van der Waals surface area contributed by atoms with E-state index in [0.717, 1.165) is 16.7 Å². The van der Waals surface area contributed by atoms with E-state index in [9.17, 15) is 23.6 Å². The van der Waals surface area contributed by atoms with E-state index < -0.39 is 41.8 Å². The van der Waals surface area contributed by atoms with Crippen LogP contribution in [0, 0.1) is 5.82 Å². The molecule has 0 spiro atoms. The van der Waals surface area contributed by atoms with E-state index in [1.165, 1.54) is 24.1 Å². The zero-order chi connectivity index (χ0) is 36.1. The largest absolute Gasteiger partial charge is 0.469 e. The van der Waals surface area contributed by atoms with E-state index in [1.54, 1.807) is 36.4 Å². The highest BCUT2D eigenvalue weighted by molar-refractivity contribution is 5.96. The molecule has 0 aliphatic carbocycles. The zero-order valence-corrected chi connectivity index (χ0v) is 28.6. The lowest BCUT2D eigenvalue weighted by Crippen LogP contribution is -2.66. The molecule has 1 saturated heterocycles. The Morgan fingerprint density at radius 1 is 0.784 bits per heavy atom. The maximum Gasteiger partial charge on any atom is 0.408 e. The average Bonchev–Trinajstić information content (AvgIpc) is 3.17. The molecule has 0 aromatic heterocycles. The molecule has 0 bridgehead atoms. The van der Waals surface area contributed by atoms with Crippen LogP contribution in [0.2, 0.25) is 0 Å². The Bertz CT molecular complexity index is 1730. The summed E-state index contributed by atoms with van der Waals surface area (Å²) in [5.74, 6) is -2.23. The van der Waals surface area contributed by atoms with Crippen LogP contribution >= 0.6 is 0 Å². The number of hydrogen-bond acceptors (Lipinski definition) is 7. The number of likely N-dealkylation sites (tertiary alicyclic amines) is 1. The van der Waals surface area contributed by atoms with Crippen molar-refractivity contribution < 1.29 is 33.0 Å². The number of carbonyl (C=O) groups excluding carboxylic acids is 4. The molecular formula is C40H43FN4O6. The molecular weight excluding hydrogens is 651 g/mol. The fraction of sp³-hybridized carbons (Fsp3) is 0.300. The van der Waals surface area contributed by atoms with Crippen molar-refractivity contribution in [2.45, 2.75) is 57.1 Å². The minimum absolute atomic E-state index is 0.0613. The van der Waals surface area contributed by atoms with Crippen LogP contribution in [-0.4, -0.2) is 65.5 Å². The van der Waals surface area contributed by atoms with Gasteiger partial charge in [0.25, 0.3) is 0 Å². The summed E-state index contributed by atoms with van der Waals surface area (Å²) in [7, 11) is 1.19. The molecule has 266 valence electrons. The Morgan fingerprint density at radius 2 is 1.35 bits per heavy atom. The third-order valence-corrected chi connectivity index (χ3v) is 9.09. The van der Waals surface area contributed by atoms with Crippen molar-refractivity contribution in [3.8, 4) is 0 Å². The fourth-order valence-electron chi connectivity index (χ4n) is 6.24. The molecule has 0 radical (unpaired) electrons. The van der Waals surface area contributed by atoms with E-state index in [2.05, 4.69) is 15.5 Å². The van der Waals surface area contributed by atoms with Gasteiger partial charge in [-0.1, -0.05) is 103 Å². The number of halogens is 1. The molecule has 10 nitrogen and oxygen atoms in total. The molecule has 51 heavy (non-hydrogen) atoms. The molecule has 0 unspecified atom stereocenters. The van der Waals surface area contributed by atoms with Crippen LogP contribution in [0.25, 0.3) is 0 Å². The molecule has 4 aromatic carbocycles. The molecule has 1 atom stereocenters. The third kappa shape index (κ3) is 10.2. The van der Waals surface area contributed by atoms with Crippen LogP contribution in [0.3, 0.4) is 0 Å². The number of nitrogens with one attached hydrogen (secondary N) is 2. The normalized spacial score (nSPS) is 14.5. The Hall–Kier alpha value is -5.55. The lowest BCUT2D eigenvalue weighted by molar-refractivity contribution is -0.156. The van der Waals surface area contributed by atoms with Crippen LogP contribution in [0.5, 0.6) is 0 Å². The number of carbonyl (C=O) groups is 4. The molecule has 5 rings (SSSR count). The number of benzene rings is 4. The minimum atomic E-state index is -1.43. The Balaban J connectivity index is 1.47. The fourth-order valence-corrected chi connectivity index (χ4v) is 6.24. The maximum atomic E-state index is 14.8. The van der Waals surface area contributed by atoms with Gasteiger partial charge in [0.05, 0.1) is 13.5 Å². The number of amides is 3. The van der Waals surface area contributed by atoms with Gasteiger partial charge >= 0.3 is 12.1 Å². The minimum Gasteiger partial charge on any atom is -0.469 e. The summed E-state index contributed by atoms with van der Waals surface area (Å²) in [4.78, 5) is 58.8. The monoisotopic (exact) mass is 694 g/mol. The van der Waals surface area contributed by atoms with E-state index in [1.807, 2.05) is 66.7 Å². The lowest BCUT2D eigenvalue weighted by Gasteiger charge is -2.48. The number of ether oxygens (including phenoxy) is 2. The molecule has 4 aromatic rings. The summed E-state index contributed by atoms with van der Waals surface area (Å²) < 4.78 is 24.3. The predicted octanol–water partition coefficient (Wildman–Crippen LogP) is 5.36. The number of methoxy groups -OCH3 is 1. The quantitative estimate of drug-likeness (QED) is 0.171. The van der Waals surface area contributed by atoms with Crippen molar-refractivity contribution in [2.75, 3.05) is 20.2 Å². The number of piperidine rings is 1. The number of alkyl carbamates (subject to hydrolysis) is 1. The highest BCUT2D eigenvalue weighted by Crippen LogP contribution is 2.33. The summed E-state index contributed by atoms with van der Waals surface area (Å²) in [6, 6.07) is 32.7. The summed E-state index contributed by atoms with van der Waals surface area (Å²) in [5, 5.41) is 5.63. The summed E-state index contributed by atoms with van der Waals surface area (Å²) in [6.45, 7) is 1.70. The third-order valence-electron chi connectivity index (χ3n) is 9.09. The maximum absolute atomic E-state index is 14.8. The molecule has 1 aliphatic heterocycles. The van der Waals surface area contributed by atoms with Crippen LogP contribution in [0.1, 0.15) is 41.5 Å². The second-order valence-corrected chi connectivity index (χ2v) is 12.6. The number of rotatable bonds is 14. The first-order valence-electron chi connectivity index (χ1n) is 16.9. The van der Waals surface area contributed by atoms with Gasteiger partial charge in [0.1, 0.15) is 24.0 Å². The summed E-state index contributed by atoms with van der Waals surface area (Å²) in [5.41, 5.74) is 1.91. The van der Waals surface area contributed by atoms with Gasteiger partial charge in [-0.05, 0) is 47.2 Å². The van der Waals surface area contributed by atoms with Gasteiger partial charge in [0.2, 0.25) is 11.8 Å². The van der Waals surface area contributed by atoms with E-state index in [4.69, 9.17) is 9.47 Å². The zero-order valence-electron chi connectivity index (χ0n) is 28.6. The Kier molecular flexibility index (Phi) is 12.9. The molecule has 1 heterocycles. The molecule has 3 amide bonds. The highest BCUT2D eigenvalue weighted by atomic mass is 19.1. The first-order valence-corrected chi connectivity index (χ1v) is 16.9. The first-order chi connectivity index (χ1) is 24.8. The lowest BCUT2D eigenvalue weighted by atomic mass is 9.83. The van der Waals surface area contributed by atoms with Gasteiger partial charge in [-0.2, -0.15) is 0 Å². The van der Waals surface area contributed by atoms with Crippen LogP contribution in [0.15, 0.2) is 115 Å². The topological polar surface area (TPSA) is 117 Å². The predicted molar refractivity (Wildman–Crippen MR) is 189 cm³/mol. The van der Waals surface area contributed by atoms with Crippen LogP contribution in [0.4, 0.5) is 9.18 Å². The van der Waals surface area contributed by atoms with E-state index in [-0.39, 0.29) is 38.4 Å². The van der Waals surface area contributed by atoms with Crippen molar-refractivity contribution >= 4 is 23.9 Å². The summed E-state index contributed by atoms with van der Waals surface area (Å²) in [6.07, 6.45) is -0.895. The number of hydrogen-bond donors (Lipinski definition) is 2. The van der Waals surface area contributed by atoms with Gasteiger partial charge < -0.3 is 25.0 Å². The second-order valence-electron chi connectivity index (χ2n) is 12.6. The smallest absolute Gasteiger partial charge is 0.408 e. The molecule has 0 saturated carbocycles. The highest BCUT2D eigenvalue weighted by Gasteiger charge is 2.50. The van der Waals surface area contributed by atoms with Crippen molar-refractivity contribution in [1.29, 1.82) is 0 Å². The van der Waals surface area contributed by atoms with Crippen molar-refractivity contribution in [2.24, 2.45) is 0 Å². The SMILES string of the molecule is COC(=O)C[C@H](NC(=O)OCc1ccccc1)C(=O)N(Cc1ccc(F)cc1)C1(C(=O)NCc2ccccc2)CCN(Cc2ccccc2)CC1. The van der Waals surface area contributed by atoms with Gasteiger partial charge in [-0.15, -0.1) is 0 Å². The summed E-state index contributed by atoms with van der Waals surface area (Å²) >= 11 is 0. The molecule has 2 N–H and O–H groups in total. The van der Waals surface area contributed by atoms with Crippen molar-refractivity contribution in [3.63, 3.8) is 0 Å². The first kappa shape index (κ1) is 36.7.